The van der Waals surface area contributed by atoms with Crippen LogP contribution in [0.3, 0.4) is 0 Å². The molecule has 0 saturated heterocycles. The average molecular weight is 353 g/mol. The van der Waals surface area contributed by atoms with Crippen LogP contribution in [0, 0.1) is 5.92 Å². The fraction of sp³-hybridized carbons (Fsp3) is 0.611. The summed E-state index contributed by atoms with van der Waals surface area (Å²) in [5.41, 5.74) is 0.635. The van der Waals surface area contributed by atoms with E-state index in [1.165, 1.54) is 7.11 Å². The Morgan fingerprint density at radius 2 is 1.92 bits per heavy atom. The van der Waals surface area contributed by atoms with Crippen LogP contribution < -0.4 is 4.74 Å². The number of amides is 1. The molecule has 0 unspecified atom stereocenters. The fourth-order valence-electron chi connectivity index (χ4n) is 3.19. The van der Waals surface area contributed by atoms with Crippen molar-refractivity contribution < 1.29 is 17.9 Å². The molecule has 6 heteroatoms. The second-order valence-corrected chi connectivity index (χ2v) is 8.87. The molecule has 0 atom stereocenters. The monoisotopic (exact) mass is 353 g/mol. The molecule has 1 aromatic carbocycles. The first kappa shape index (κ1) is 18.8. The van der Waals surface area contributed by atoms with E-state index in [1.54, 1.807) is 36.2 Å². The van der Waals surface area contributed by atoms with Gasteiger partial charge in [-0.15, -0.1) is 0 Å². The van der Waals surface area contributed by atoms with Gasteiger partial charge in [0, 0.05) is 13.1 Å². The van der Waals surface area contributed by atoms with Crippen molar-refractivity contribution in [2.24, 2.45) is 5.92 Å². The van der Waals surface area contributed by atoms with E-state index >= 15 is 0 Å². The number of carbonyl (C=O) groups is 1. The van der Waals surface area contributed by atoms with Crippen LogP contribution in [-0.2, 0) is 20.4 Å². The molecule has 0 N–H and O–H groups in total. The SMILES string of the molecule is COc1cccc(CS(=O)(=O)CC(=O)N(C)C2CCC(C)CC2)c1. The quantitative estimate of drug-likeness (QED) is 0.789. The van der Waals surface area contributed by atoms with Gasteiger partial charge >= 0.3 is 0 Å². The lowest BCUT2D eigenvalue weighted by molar-refractivity contribution is -0.129. The third-order valence-electron chi connectivity index (χ3n) is 4.79. The molecule has 1 amide bonds. The standard InChI is InChI=1S/C18H27NO4S/c1-14-7-9-16(10-8-14)19(2)18(20)13-24(21,22)12-15-5-4-6-17(11-15)23-3/h4-6,11,14,16H,7-10,12-13H2,1-3H3. The Morgan fingerprint density at radius 1 is 1.25 bits per heavy atom. The number of benzene rings is 1. The molecule has 1 aliphatic carbocycles. The van der Waals surface area contributed by atoms with E-state index in [-0.39, 0.29) is 17.7 Å². The zero-order valence-electron chi connectivity index (χ0n) is 14.7. The van der Waals surface area contributed by atoms with Gasteiger partial charge in [0.15, 0.2) is 9.84 Å². The Hall–Kier alpha value is -1.56. The molecule has 1 saturated carbocycles. The Morgan fingerprint density at radius 3 is 2.54 bits per heavy atom. The first-order chi connectivity index (χ1) is 11.3. The highest BCUT2D eigenvalue weighted by atomic mass is 32.2. The molecule has 0 aromatic heterocycles. The predicted molar refractivity (Wildman–Crippen MR) is 94.7 cm³/mol. The Balaban J connectivity index is 1.96. The number of nitrogens with zero attached hydrogens (tertiary/aromatic N) is 1. The van der Waals surface area contributed by atoms with Crippen molar-refractivity contribution in [1.29, 1.82) is 0 Å². The van der Waals surface area contributed by atoms with Crippen LogP contribution in [0.15, 0.2) is 24.3 Å². The van der Waals surface area contributed by atoms with Crippen molar-refractivity contribution in [3.05, 3.63) is 29.8 Å². The number of hydrogen-bond donors (Lipinski definition) is 0. The van der Waals surface area contributed by atoms with Crippen molar-refractivity contribution in [2.45, 2.75) is 44.4 Å². The smallest absolute Gasteiger partial charge is 0.237 e. The molecule has 0 spiro atoms. The third kappa shape index (κ3) is 5.23. The summed E-state index contributed by atoms with van der Waals surface area (Å²) in [5.74, 6) is 0.416. The minimum absolute atomic E-state index is 0.147. The Bertz CT molecular complexity index is 663. The summed E-state index contributed by atoms with van der Waals surface area (Å²) in [4.78, 5) is 14.0. The number of ether oxygens (including phenoxy) is 1. The molecule has 24 heavy (non-hydrogen) atoms. The van der Waals surface area contributed by atoms with E-state index < -0.39 is 15.6 Å². The largest absolute Gasteiger partial charge is 0.497 e. The van der Waals surface area contributed by atoms with Crippen LogP contribution >= 0.6 is 0 Å². The maximum Gasteiger partial charge on any atom is 0.237 e. The molecule has 1 aromatic rings. The second-order valence-electron chi connectivity index (χ2n) is 6.80. The zero-order chi connectivity index (χ0) is 17.7. The highest BCUT2D eigenvalue weighted by Gasteiger charge is 2.27. The molecule has 0 radical (unpaired) electrons. The highest BCUT2D eigenvalue weighted by Crippen LogP contribution is 2.26. The van der Waals surface area contributed by atoms with Crippen molar-refractivity contribution in [2.75, 3.05) is 19.9 Å². The third-order valence-corrected chi connectivity index (χ3v) is 6.25. The second kappa shape index (κ2) is 8.01. The van der Waals surface area contributed by atoms with Gasteiger partial charge in [0.1, 0.15) is 11.5 Å². The minimum atomic E-state index is -3.50. The average Bonchev–Trinajstić information content (AvgIpc) is 2.54. The number of carbonyl (C=O) groups excluding carboxylic acids is 1. The van der Waals surface area contributed by atoms with E-state index in [9.17, 15) is 13.2 Å². The van der Waals surface area contributed by atoms with E-state index in [0.717, 1.165) is 25.7 Å². The summed E-state index contributed by atoms with van der Waals surface area (Å²) in [6, 6.07) is 7.10. The molecule has 134 valence electrons. The van der Waals surface area contributed by atoms with Gasteiger partial charge < -0.3 is 9.64 Å². The summed E-state index contributed by atoms with van der Waals surface area (Å²) in [6.07, 6.45) is 4.11. The van der Waals surface area contributed by atoms with Gasteiger partial charge in [-0.2, -0.15) is 0 Å². The molecule has 1 fully saturated rings. The molecular formula is C18H27NO4S. The first-order valence-corrected chi connectivity index (χ1v) is 10.2. The first-order valence-electron chi connectivity index (χ1n) is 8.40. The number of hydrogen-bond acceptors (Lipinski definition) is 4. The Labute approximate surface area is 144 Å². The summed E-state index contributed by atoms with van der Waals surface area (Å²) in [5, 5.41) is 0. The maximum absolute atomic E-state index is 12.4. The Kier molecular flexibility index (Phi) is 6.27. The van der Waals surface area contributed by atoms with Crippen molar-refractivity contribution in [3.63, 3.8) is 0 Å². The topological polar surface area (TPSA) is 63.7 Å². The normalized spacial score (nSPS) is 21.3. The molecule has 2 rings (SSSR count). The van der Waals surface area contributed by atoms with Gasteiger partial charge in [-0.1, -0.05) is 19.1 Å². The van der Waals surface area contributed by atoms with E-state index in [0.29, 0.717) is 17.2 Å². The van der Waals surface area contributed by atoms with Crippen molar-refractivity contribution in [3.8, 4) is 5.75 Å². The van der Waals surface area contributed by atoms with Crippen molar-refractivity contribution >= 4 is 15.7 Å². The van der Waals surface area contributed by atoms with Gasteiger partial charge in [-0.25, -0.2) is 8.42 Å². The summed E-state index contributed by atoms with van der Waals surface area (Å²) >= 11 is 0. The van der Waals surface area contributed by atoms with Gasteiger partial charge in [-0.3, -0.25) is 4.79 Å². The van der Waals surface area contributed by atoms with Gasteiger partial charge in [-0.05, 0) is 49.3 Å². The van der Waals surface area contributed by atoms with Gasteiger partial charge in [0.25, 0.3) is 0 Å². The lowest BCUT2D eigenvalue weighted by Crippen LogP contribution is -2.42. The van der Waals surface area contributed by atoms with Crippen LogP contribution in [0.4, 0.5) is 0 Å². The maximum atomic E-state index is 12.4. The predicted octanol–water partition coefficient (Wildman–Crippen LogP) is 2.65. The molecule has 1 aliphatic rings. The fourth-order valence-corrected chi connectivity index (χ4v) is 4.56. The van der Waals surface area contributed by atoms with E-state index in [4.69, 9.17) is 4.74 Å². The summed E-state index contributed by atoms with van der Waals surface area (Å²) < 4.78 is 29.8. The molecular weight excluding hydrogens is 326 g/mol. The summed E-state index contributed by atoms with van der Waals surface area (Å²) in [7, 11) is -0.235. The lowest BCUT2D eigenvalue weighted by Gasteiger charge is -2.33. The molecule has 5 nitrogen and oxygen atoms in total. The van der Waals surface area contributed by atoms with Crippen LogP contribution in [0.25, 0.3) is 0 Å². The number of methoxy groups -OCH3 is 1. The van der Waals surface area contributed by atoms with Crippen LogP contribution in [0.2, 0.25) is 0 Å². The number of sulfone groups is 1. The van der Waals surface area contributed by atoms with Crippen LogP contribution in [0.5, 0.6) is 5.75 Å². The summed E-state index contributed by atoms with van der Waals surface area (Å²) in [6.45, 7) is 2.22. The van der Waals surface area contributed by atoms with Gasteiger partial charge in [0.05, 0.1) is 12.9 Å². The van der Waals surface area contributed by atoms with E-state index in [1.807, 2.05) is 0 Å². The van der Waals surface area contributed by atoms with E-state index in [2.05, 4.69) is 6.92 Å². The molecule has 0 heterocycles. The molecule has 0 aliphatic heterocycles. The van der Waals surface area contributed by atoms with Crippen LogP contribution in [-0.4, -0.2) is 45.2 Å². The highest BCUT2D eigenvalue weighted by molar-refractivity contribution is 7.91. The zero-order valence-corrected chi connectivity index (χ0v) is 15.5. The number of rotatable bonds is 6. The minimum Gasteiger partial charge on any atom is -0.497 e. The van der Waals surface area contributed by atoms with Crippen LogP contribution in [0.1, 0.15) is 38.2 Å². The van der Waals surface area contributed by atoms with Gasteiger partial charge in [0.2, 0.25) is 5.91 Å². The van der Waals surface area contributed by atoms with Crippen molar-refractivity contribution in [1.82, 2.24) is 4.90 Å². The lowest BCUT2D eigenvalue weighted by atomic mass is 9.87. The molecule has 0 bridgehead atoms.